The monoisotopic (exact) mass is 356 g/mol. The summed E-state index contributed by atoms with van der Waals surface area (Å²) in [6, 6.07) is 8.51. The van der Waals surface area contributed by atoms with Crippen molar-refractivity contribution in [1.29, 1.82) is 0 Å². The van der Waals surface area contributed by atoms with Gasteiger partial charge in [-0.15, -0.1) is 0 Å². The molecule has 0 saturated carbocycles. The van der Waals surface area contributed by atoms with E-state index in [1.807, 2.05) is 0 Å². The highest BCUT2D eigenvalue weighted by atomic mass is 19.4. The number of aromatic nitrogens is 1. The maximum atomic E-state index is 12.6. The van der Waals surface area contributed by atoms with Crippen LogP contribution >= 0.6 is 0 Å². The van der Waals surface area contributed by atoms with E-state index >= 15 is 0 Å². The van der Waals surface area contributed by atoms with Gasteiger partial charge in [-0.25, -0.2) is 4.98 Å². The summed E-state index contributed by atoms with van der Waals surface area (Å²) in [4.78, 5) is 3.46. The first-order valence-electron chi connectivity index (χ1n) is 7.40. The van der Waals surface area contributed by atoms with Crippen LogP contribution in [0, 0.1) is 0 Å². The largest absolute Gasteiger partial charge is 0.491 e. The Morgan fingerprint density at radius 2 is 2.00 bits per heavy atom. The van der Waals surface area contributed by atoms with E-state index < -0.39 is 18.0 Å². The van der Waals surface area contributed by atoms with Crippen LogP contribution in [0.3, 0.4) is 0 Å². The Labute approximate surface area is 141 Å². The molecule has 0 amide bonds. The molecule has 6 nitrogen and oxygen atoms in total. The van der Waals surface area contributed by atoms with Crippen molar-refractivity contribution < 1.29 is 32.5 Å². The fourth-order valence-corrected chi connectivity index (χ4v) is 2.13. The van der Waals surface area contributed by atoms with E-state index in [1.165, 1.54) is 12.1 Å². The van der Waals surface area contributed by atoms with Crippen molar-refractivity contribution >= 4 is 5.82 Å². The maximum absolute atomic E-state index is 12.6. The van der Waals surface area contributed by atoms with E-state index in [4.69, 9.17) is 14.2 Å². The SMILES string of the molecule is OC(CNc1cccc(C(F)(F)F)n1)COc1ccc2c(c1)OCO2. The molecule has 1 aromatic carbocycles. The number of rotatable bonds is 6. The molecule has 25 heavy (non-hydrogen) atoms. The van der Waals surface area contributed by atoms with Crippen LogP contribution in [0.15, 0.2) is 36.4 Å². The van der Waals surface area contributed by atoms with Crippen LogP contribution in [0.25, 0.3) is 0 Å². The average molecular weight is 356 g/mol. The Hall–Kier alpha value is -2.68. The summed E-state index contributed by atoms with van der Waals surface area (Å²) in [7, 11) is 0. The van der Waals surface area contributed by atoms with Gasteiger partial charge >= 0.3 is 6.18 Å². The van der Waals surface area contributed by atoms with Gasteiger partial charge in [0.2, 0.25) is 6.79 Å². The summed E-state index contributed by atoms with van der Waals surface area (Å²) in [5.41, 5.74) is -0.997. The molecule has 0 aliphatic carbocycles. The molecule has 1 unspecified atom stereocenters. The van der Waals surface area contributed by atoms with Gasteiger partial charge in [0, 0.05) is 12.6 Å². The molecule has 1 aliphatic heterocycles. The van der Waals surface area contributed by atoms with Crippen molar-refractivity contribution in [3.8, 4) is 17.2 Å². The first-order chi connectivity index (χ1) is 11.9. The Morgan fingerprint density at radius 1 is 1.20 bits per heavy atom. The molecular weight excluding hydrogens is 341 g/mol. The van der Waals surface area contributed by atoms with Crippen molar-refractivity contribution in [3.05, 3.63) is 42.1 Å². The summed E-state index contributed by atoms with van der Waals surface area (Å²) in [6.07, 6.45) is -5.46. The number of benzene rings is 1. The normalized spacial score (nSPS) is 14.2. The van der Waals surface area contributed by atoms with Gasteiger partial charge in [-0.3, -0.25) is 0 Å². The number of anilines is 1. The van der Waals surface area contributed by atoms with Crippen LogP contribution in [-0.2, 0) is 6.18 Å². The molecule has 2 N–H and O–H groups in total. The Morgan fingerprint density at radius 3 is 2.80 bits per heavy atom. The van der Waals surface area contributed by atoms with E-state index in [0.29, 0.717) is 17.2 Å². The number of pyridine rings is 1. The quantitative estimate of drug-likeness (QED) is 0.829. The third-order valence-corrected chi connectivity index (χ3v) is 3.34. The molecule has 1 aromatic heterocycles. The number of ether oxygens (including phenoxy) is 3. The number of alkyl halides is 3. The van der Waals surface area contributed by atoms with Crippen LogP contribution in [0.5, 0.6) is 17.2 Å². The third kappa shape index (κ3) is 4.44. The molecule has 0 saturated heterocycles. The molecule has 2 heterocycles. The van der Waals surface area contributed by atoms with E-state index in [0.717, 1.165) is 6.07 Å². The highest BCUT2D eigenvalue weighted by Gasteiger charge is 2.32. The van der Waals surface area contributed by atoms with Crippen molar-refractivity contribution in [3.63, 3.8) is 0 Å². The van der Waals surface area contributed by atoms with Gasteiger partial charge in [0.05, 0.1) is 0 Å². The summed E-state index contributed by atoms with van der Waals surface area (Å²) in [5, 5.41) is 12.6. The molecule has 0 spiro atoms. The number of halogens is 3. The predicted molar refractivity (Wildman–Crippen MR) is 81.8 cm³/mol. The smallest absolute Gasteiger partial charge is 0.433 e. The van der Waals surface area contributed by atoms with Gasteiger partial charge in [-0.2, -0.15) is 13.2 Å². The first-order valence-corrected chi connectivity index (χ1v) is 7.40. The van der Waals surface area contributed by atoms with Gasteiger partial charge in [-0.05, 0) is 24.3 Å². The lowest BCUT2D eigenvalue weighted by atomic mass is 10.3. The van der Waals surface area contributed by atoms with Gasteiger partial charge in [-0.1, -0.05) is 6.07 Å². The number of aliphatic hydroxyl groups excluding tert-OH is 1. The molecule has 3 rings (SSSR count). The van der Waals surface area contributed by atoms with Crippen LogP contribution in [0.1, 0.15) is 5.69 Å². The van der Waals surface area contributed by atoms with Gasteiger partial charge in [0.1, 0.15) is 30.0 Å². The molecular formula is C16H15F3N2O4. The zero-order valence-corrected chi connectivity index (χ0v) is 12.9. The second kappa shape index (κ2) is 7.06. The van der Waals surface area contributed by atoms with Crippen molar-refractivity contribution in [2.45, 2.75) is 12.3 Å². The van der Waals surface area contributed by atoms with E-state index in [9.17, 15) is 18.3 Å². The molecule has 9 heteroatoms. The molecule has 0 bridgehead atoms. The number of hydrogen-bond acceptors (Lipinski definition) is 6. The summed E-state index contributed by atoms with van der Waals surface area (Å²) in [5.74, 6) is 1.68. The Balaban J connectivity index is 1.49. The van der Waals surface area contributed by atoms with Crippen LogP contribution < -0.4 is 19.5 Å². The number of nitrogens with one attached hydrogen (secondary N) is 1. The number of hydrogen-bond donors (Lipinski definition) is 2. The fourth-order valence-electron chi connectivity index (χ4n) is 2.13. The second-order valence-electron chi connectivity index (χ2n) is 5.27. The topological polar surface area (TPSA) is 72.8 Å². The molecule has 134 valence electrons. The minimum absolute atomic E-state index is 0.0150. The molecule has 0 fully saturated rings. The molecule has 1 aliphatic rings. The van der Waals surface area contributed by atoms with Gasteiger partial charge in [0.25, 0.3) is 0 Å². The van der Waals surface area contributed by atoms with E-state index in [1.54, 1.807) is 18.2 Å². The molecule has 0 radical (unpaired) electrons. The molecule has 1 atom stereocenters. The van der Waals surface area contributed by atoms with Crippen LogP contribution in [-0.4, -0.2) is 36.1 Å². The van der Waals surface area contributed by atoms with Crippen molar-refractivity contribution in [2.24, 2.45) is 0 Å². The maximum Gasteiger partial charge on any atom is 0.433 e. The second-order valence-corrected chi connectivity index (χ2v) is 5.27. The van der Waals surface area contributed by atoms with E-state index in [-0.39, 0.29) is 25.8 Å². The van der Waals surface area contributed by atoms with Crippen LogP contribution in [0.4, 0.5) is 19.0 Å². The number of aliphatic hydroxyl groups is 1. The summed E-state index contributed by atoms with van der Waals surface area (Å²) >= 11 is 0. The lowest BCUT2D eigenvalue weighted by molar-refractivity contribution is -0.141. The summed E-state index contributed by atoms with van der Waals surface area (Å²) in [6.45, 7) is 0.0831. The number of nitrogens with zero attached hydrogens (tertiary/aromatic N) is 1. The zero-order chi connectivity index (χ0) is 17.9. The Kier molecular flexibility index (Phi) is 4.84. The summed E-state index contributed by atoms with van der Waals surface area (Å²) < 4.78 is 53.6. The lowest BCUT2D eigenvalue weighted by Gasteiger charge is -2.14. The Bertz CT molecular complexity index is 740. The zero-order valence-electron chi connectivity index (χ0n) is 12.9. The highest BCUT2D eigenvalue weighted by Crippen LogP contribution is 2.35. The minimum Gasteiger partial charge on any atom is -0.491 e. The standard InChI is InChI=1S/C16H15F3N2O4/c17-16(18,19)14-2-1-3-15(21-14)20-7-10(22)8-23-11-4-5-12-13(6-11)25-9-24-12/h1-6,10,22H,7-9H2,(H,20,21). The highest BCUT2D eigenvalue weighted by molar-refractivity contribution is 5.46. The fraction of sp³-hybridized carbons (Fsp3) is 0.312. The van der Waals surface area contributed by atoms with Crippen molar-refractivity contribution in [2.75, 3.05) is 25.3 Å². The van der Waals surface area contributed by atoms with Gasteiger partial charge < -0.3 is 24.6 Å². The van der Waals surface area contributed by atoms with Crippen LogP contribution in [0.2, 0.25) is 0 Å². The van der Waals surface area contributed by atoms with Gasteiger partial charge in [0.15, 0.2) is 11.5 Å². The number of fused-ring (bicyclic) bond motifs is 1. The van der Waals surface area contributed by atoms with Crippen molar-refractivity contribution in [1.82, 2.24) is 4.98 Å². The van der Waals surface area contributed by atoms with E-state index in [2.05, 4.69) is 10.3 Å². The predicted octanol–water partition coefficient (Wildman–Crippen LogP) is 2.68. The first kappa shape index (κ1) is 17.2. The average Bonchev–Trinajstić information content (AvgIpc) is 3.05. The minimum atomic E-state index is -4.52. The third-order valence-electron chi connectivity index (χ3n) is 3.34. The molecule has 2 aromatic rings. The lowest BCUT2D eigenvalue weighted by Crippen LogP contribution is -2.26.